The molecule has 1 amide bonds. The van der Waals surface area contributed by atoms with E-state index in [9.17, 15) is 14.4 Å². The third-order valence-corrected chi connectivity index (χ3v) is 3.76. The number of amides is 1. The largest absolute Gasteiger partial charge is 0.493 e. The monoisotopic (exact) mass is 383 g/mol. The minimum Gasteiger partial charge on any atom is -0.493 e. The third-order valence-electron chi connectivity index (χ3n) is 3.76. The molecule has 0 spiro atoms. The average molecular weight is 383 g/mol. The number of ether oxygens (including phenoxy) is 3. The fraction of sp³-hybridized carbons (Fsp3) is 0.190. The molecule has 0 fully saturated rings. The number of ketones is 1. The Balaban J connectivity index is 1.95. The predicted molar refractivity (Wildman–Crippen MR) is 105 cm³/mol. The quantitative estimate of drug-likeness (QED) is 0.428. The van der Waals surface area contributed by atoms with Gasteiger partial charge in [0.1, 0.15) is 0 Å². The van der Waals surface area contributed by atoms with E-state index in [-0.39, 0.29) is 5.78 Å². The molecule has 7 nitrogen and oxygen atoms in total. The first-order chi connectivity index (χ1) is 13.5. The molecule has 0 atom stereocenters. The lowest BCUT2D eigenvalue weighted by Crippen LogP contribution is -2.21. The van der Waals surface area contributed by atoms with E-state index in [1.54, 1.807) is 42.5 Å². The fourth-order valence-electron chi connectivity index (χ4n) is 2.47. The molecule has 0 bridgehead atoms. The first-order valence-corrected chi connectivity index (χ1v) is 8.42. The lowest BCUT2D eigenvalue weighted by Gasteiger charge is -2.10. The Morgan fingerprint density at radius 1 is 1.00 bits per heavy atom. The van der Waals surface area contributed by atoms with Crippen molar-refractivity contribution < 1.29 is 28.6 Å². The van der Waals surface area contributed by atoms with Crippen molar-refractivity contribution in [2.75, 3.05) is 26.1 Å². The maximum absolute atomic E-state index is 12.0. The van der Waals surface area contributed by atoms with Crippen LogP contribution in [0.3, 0.4) is 0 Å². The Morgan fingerprint density at radius 3 is 2.43 bits per heavy atom. The zero-order chi connectivity index (χ0) is 20.5. The van der Waals surface area contributed by atoms with Crippen molar-refractivity contribution in [3.63, 3.8) is 0 Å². The molecular formula is C21H21NO6. The van der Waals surface area contributed by atoms with Gasteiger partial charge >= 0.3 is 5.97 Å². The van der Waals surface area contributed by atoms with Crippen LogP contribution in [0.1, 0.15) is 22.8 Å². The Bertz CT molecular complexity index is 904. The van der Waals surface area contributed by atoms with Crippen molar-refractivity contribution in [2.24, 2.45) is 0 Å². The molecule has 0 saturated carbocycles. The zero-order valence-electron chi connectivity index (χ0n) is 15.9. The van der Waals surface area contributed by atoms with Crippen LogP contribution in [0.15, 0.2) is 48.5 Å². The van der Waals surface area contributed by atoms with E-state index in [1.165, 1.54) is 33.3 Å². The van der Waals surface area contributed by atoms with E-state index in [1.807, 2.05) is 0 Å². The van der Waals surface area contributed by atoms with Crippen LogP contribution in [0.25, 0.3) is 6.08 Å². The van der Waals surface area contributed by atoms with Gasteiger partial charge in [-0.25, -0.2) is 4.79 Å². The Labute approximate surface area is 162 Å². The highest BCUT2D eigenvalue weighted by molar-refractivity contribution is 6.04. The highest BCUT2D eigenvalue weighted by atomic mass is 16.5. The van der Waals surface area contributed by atoms with Crippen molar-refractivity contribution in [2.45, 2.75) is 6.92 Å². The highest BCUT2D eigenvalue weighted by Gasteiger charge is 2.11. The summed E-state index contributed by atoms with van der Waals surface area (Å²) in [4.78, 5) is 35.4. The molecule has 7 heteroatoms. The van der Waals surface area contributed by atoms with Crippen molar-refractivity contribution in [1.29, 1.82) is 0 Å². The van der Waals surface area contributed by atoms with Gasteiger partial charge in [-0.3, -0.25) is 9.59 Å². The number of anilines is 1. The van der Waals surface area contributed by atoms with Gasteiger partial charge in [0, 0.05) is 17.2 Å². The van der Waals surface area contributed by atoms with Crippen molar-refractivity contribution in [1.82, 2.24) is 0 Å². The topological polar surface area (TPSA) is 90.9 Å². The van der Waals surface area contributed by atoms with Gasteiger partial charge in [0.15, 0.2) is 23.9 Å². The van der Waals surface area contributed by atoms with Crippen molar-refractivity contribution in [3.05, 3.63) is 59.7 Å². The SMILES string of the molecule is COc1cccc(C=CC(=O)OCC(=O)Nc2ccccc2C(C)=O)c1OC. The van der Waals surface area contributed by atoms with E-state index in [2.05, 4.69) is 5.32 Å². The molecule has 0 aliphatic carbocycles. The van der Waals surface area contributed by atoms with Crippen LogP contribution in [0.2, 0.25) is 0 Å². The molecule has 2 rings (SSSR count). The number of Topliss-reactive ketones (excluding diaryl/α,β-unsaturated/α-hetero) is 1. The summed E-state index contributed by atoms with van der Waals surface area (Å²) in [6.07, 6.45) is 2.70. The van der Waals surface area contributed by atoms with Crippen LogP contribution >= 0.6 is 0 Å². The molecule has 28 heavy (non-hydrogen) atoms. The van der Waals surface area contributed by atoms with Crippen LogP contribution < -0.4 is 14.8 Å². The molecular weight excluding hydrogens is 362 g/mol. The number of methoxy groups -OCH3 is 2. The van der Waals surface area contributed by atoms with E-state index >= 15 is 0 Å². The summed E-state index contributed by atoms with van der Waals surface area (Å²) in [5.74, 6) is -0.411. The Hall–Kier alpha value is -3.61. The van der Waals surface area contributed by atoms with Crippen LogP contribution in [0, 0.1) is 0 Å². The number of rotatable bonds is 8. The number of carbonyl (C=O) groups excluding carboxylic acids is 3. The Kier molecular flexibility index (Phi) is 7.33. The highest BCUT2D eigenvalue weighted by Crippen LogP contribution is 2.31. The molecule has 0 aliphatic heterocycles. The van der Waals surface area contributed by atoms with Crippen LogP contribution in [0.4, 0.5) is 5.69 Å². The van der Waals surface area contributed by atoms with Gasteiger partial charge in [0.2, 0.25) is 0 Å². The number of para-hydroxylation sites is 2. The summed E-state index contributed by atoms with van der Waals surface area (Å²) in [6.45, 7) is 0.924. The maximum atomic E-state index is 12.0. The van der Waals surface area contributed by atoms with Crippen LogP contribution in [-0.4, -0.2) is 38.5 Å². The molecule has 0 aromatic heterocycles. The summed E-state index contributed by atoms with van der Waals surface area (Å²) >= 11 is 0. The number of benzene rings is 2. The number of nitrogens with one attached hydrogen (secondary N) is 1. The van der Waals surface area contributed by atoms with Gasteiger partial charge in [-0.15, -0.1) is 0 Å². The molecule has 0 radical (unpaired) electrons. The second-order valence-corrected chi connectivity index (χ2v) is 5.67. The Morgan fingerprint density at radius 2 is 1.75 bits per heavy atom. The summed E-state index contributed by atoms with van der Waals surface area (Å²) in [5.41, 5.74) is 1.37. The lowest BCUT2D eigenvalue weighted by atomic mass is 10.1. The summed E-state index contributed by atoms with van der Waals surface area (Å²) in [7, 11) is 3.01. The van der Waals surface area contributed by atoms with E-state index in [0.717, 1.165) is 0 Å². The molecule has 0 unspecified atom stereocenters. The number of carbonyl (C=O) groups is 3. The number of esters is 1. The molecule has 2 aromatic carbocycles. The minimum absolute atomic E-state index is 0.178. The molecule has 146 valence electrons. The van der Waals surface area contributed by atoms with Gasteiger partial charge in [0.25, 0.3) is 5.91 Å². The van der Waals surface area contributed by atoms with Crippen LogP contribution in [-0.2, 0) is 14.3 Å². The minimum atomic E-state index is -0.695. The summed E-state index contributed by atoms with van der Waals surface area (Å²) in [5, 5.41) is 2.56. The van der Waals surface area contributed by atoms with E-state index in [0.29, 0.717) is 28.3 Å². The fourth-order valence-corrected chi connectivity index (χ4v) is 2.47. The molecule has 0 saturated heterocycles. The van der Waals surface area contributed by atoms with Gasteiger partial charge in [-0.1, -0.05) is 24.3 Å². The second kappa shape index (κ2) is 9.91. The normalized spacial score (nSPS) is 10.4. The maximum Gasteiger partial charge on any atom is 0.331 e. The molecule has 0 aliphatic rings. The van der Waals surface area contributed by atoms with Gasteiger partial charge in [0.05, 0.1) is 19.9 Å². The molecule has 1 N–H and O–H groups in total. The molecule has 2 aromatic rings. The van der Waals surface area contributed by atoms with Gasteiger partial charge in [-0.2, -0.15) is 0 Å². The lowest BCUT2D eigenvalue weighted by molar-refractivity contribution is -0.142. The summed E-state index contributed by atoms with van der Waals surface area (Å²) < 4.78 is 15.4. The van der Waals surface area contributed by atoms with Crippen molar-refractivity contribution in [3.8, 4) is 11.5 Å². The first kappa shape index (κ1) is 20.7. The standard InChI is InChI=1S/C21H21NO6/c1-14(23)16-8-4-5-9-17(16)22-19(24)13-28-20(25)12-11-15-7-6-10-18(26-2)21(15)27-3/h4-12H,13H2,1-3H3,(H,22,24). The number of hydrogen-bond acceptors (Lipinski definition) is 6. The first-order valence-electron chi connectivity index (χ1n) is 8.42. The van der Waals surface area contributed by atoms with Crippen molar-refractivity contribution >= 4 is 29.4 Å². The predicted octanol–water partition coefficient (Wildman–Crippen LogP) is 3.10. The van der Waals surface area contributed by atoms with E-state index < -0.39 is 18.5 Å². The van der Waals surface area contributed by atoms with Gasteiger partial charge in [-0.05, 0) is 31.2 Å². The molecule has 0 heterocycles. The smallest absolute Gasteiger partial charge is 0.331 e. The average Bonchev–Trinajstić information content (AvgIpc) is 2.70. The van der Waals surface area contributed by atoms with Crippen LogP contribution in [0.5, 0.6) is 11.5 Å². The third kappa shape index (κ3) is 5.44. The van der Waals surface area contributed by atoms with Gasteiger partial charge < -0.3 is 19.5 Å². The van der Waals surface area contributed by atoms with E-state index in [4.69, 9.17) is 14.2 Å². The number of hydrogen-bond donors (Lipinski definition) is 1. The summed E-state index contributed by atoms with van der Waals surface area (Å²) in [6, 6.07) is 11.8. The zero-order valence-corrected chi connectivity index (χ0v) is 15.9. The second-order valence-electron chi connectivity index (χ2n) is 5.67.